The number of carbonyl (C=O) groups is 3. The molecular formula is C19H13N5O9. The molecule has 3 aromatic rings. The van der Waals surface area contributed by atoms with E-state index in [9.17, 15) is 39.4 Å². The number of nitro benzene ring substituents is 2. The van der Waals surface area contributed by atoms with Crippen molar-refractivity contribution in [1.29, 1.82) is 0 Å². The summed E-state index contributed by atoms with van der Waals surface area (Å²) in [6.07, 6.45) is 0. The molecule has 14 nitrogen and oxygen atoms in total. The number of methoxy groups -OCH3 is 1. The molecule has 2 aromatic carbocycles. The molecule has 1 atom stereocenters. The zero-order chi connectivity index (χ0) is 24.3. The Morgan fingerprint density at radius 1 is 1.03 bits per heavy atom. The lowest BCUT2D eigenvalue weighted by molar-refractivity contribution is -0.385. The highest BCUT2D eigenvalue weighted by atomic mass is 16.6. The summed E-state index contributed by atoms with van der Waals surface area (Å²) in [5.41, 5.74) is -2.23. The molecule has 0 aliphatic heterocycles. The molecule has 0 spiro atoms. The van der Waals surface area contributed by atoms with Gasteiger partial charge < -0.3 is 15.0 Å². The second-order valence-electron chi connectivity index (χ2n) is 6.49. The van der Waals surface area contributed by atoms with Crippen molar-refractivity contribution in [3.05, 3.63) is 78.7 Å². The number of hydrogen-bond acceptors (Lipinski definition) is 10. The van der Waals surface area contributed by atoms with Crippen LogP contribution in [0.5, 0.6) is 0 Å². The number of anilines is 1. The van der Waals surface area contributed by atoms with Crippen LogP contribution in [-0.2, 0) is 19.1 Å². The summed E-state index contributed by atoms with van der Waals surface area (Å²) in [7, 11) is 0.940. The number of aromatic amines is 1. The number of amides is 1. The fourth-order valence-electron chi connectivity index (χ4n) is 2.85. The Morgan fingerprint density at radius 2 is 1.64 bits per heavy atom. The van der Waals surface area contributed by atoms with Crippen molar-refractivity contribution in [2.24, 2.45) is 0 Å². The molecule has 168 valence electrons. The first-order valence-corrected chi connectivity index (χ1v) is 8.98. The Bertz CT molecular complexity index is 1360. The van der Waals surface area contributed by atoms with Gasteiger partial charge in [0.15, 0.2) is 5.92 Å². The Labute approximate surface area is 182 Å². The molecule has 0 aliphatic rings. The smallest absolute Gasteiger partial charge is 0.323 e. The third-order valence-corrected chi connectivity index (χ3v) is 4.44. The van der Waals surface area contributed by atoms with Gasteiger partial charge in [-0.25, -0.2) is 4.98 Å². The van der Waals surface area contributed by atoms with E-state index in [0.717, 1.165) is 31.4 Å². The Kier molecular flexibility index (Phi) is 6.19. The number of rotatable bonds is 7. The molecule has 1 heterocycles. The third kappa shape index (κ3) is 4.68. The zero-order valence-electron chi connectivity index (χ0n) is 16.6. The molecular weight excluding hydrogens is 442 g/mol. The number of benzene rings is 2. The number of hydrogen-bond donors (Lipinski definition) is 2. The van der Waals surface area contributed by atoms with Crippen LogP contribution in [0.1, 0.15) is 11.6 Å². The van der Waals surface area contributed by atoms with E-state index in [0.29, 0.717) is 0 Å². The fraction of sp³-hybridized carbons (Fsp3) is 0.105. The van der Waals surface area contributed by atoms with E-state index in [4.69, 9.17) is 0 Å². The largest absolute Gasteiger partial charge is 0.468 e. The lowest BCUT2D eigenvalue weighted by Gasteiger charge is -2.13. The van der Waals surface area contributed by atoms with Crippen LogP contribution >= 0.6 is 0 Å². The van der Waals surface area contributed by atoms with Crippen LogP contribution in [0.2, 0.25) is 0 Å². The maximum absolute atomic E-state index is 12.8. The lowest BCUT2D eigenvalue weighted by Crippen LogP contribution is -2.37. The number of nitro groups is 2. The molecule has 2 N–H and O–H groups in total. The van der Waals surface area contributed by atoms with E-state index >= 15 is 0 Å². The Morgan fingerprint density at radius 3 is 2.21 bits per heavy atom. The van der Waals surface area contributed by atoms with Gasteiger partial charge in [-0.05, 0) is 18.2 Å². The normalized spacial score (nSPS) is 11.4. The lowest BCUT2D eigenvalue weighted by atomic mass is 9.99. The maximum Gasteiger partial charge on any atom is 0.323 e. The average Bonchev–Trinajstić information content (AvgIpc) is 2.79. The summed E-state index contributed by atoms with van der Waals surface area (Å²) in [4.78, 5) is 76.5. The first-order valence-electron chi connectivity index (χ1n) is 8.98. The van der Waals surface area contributed by atoms with Crippen LogP contribution < -0.4 is 10.9 Å². The van der Waals surface area contributed by atoms with Crippen molar-refractivity contribution in [2.75, 3.05) is 12.4 Å². The molecule has 0 fully saturated rings. The second-order valence-corrected chi connectivity index (χ2v) is 6.49. The van der Waals surface area contributed by atoms with E-state index in [1.165, 1.54) is 18.2 Å². The van der Waals surface area contributed by atoms with Crippen molar-refractivity contribution < 1.29 is 29.0 Å². The minimum Gasteiger partial charge on any atom is -0.468 e. The van der Waals surface area contributed by atoms with Crippen LogP contribution in [-0.4, -0.2) is 44.6 Å². The summed E-state index contributed by atoms with van der Waals surface area (Å²) in [6, 6.07) is 7.87. The molecule has 3 rings (SSSR count). The van der Waals surface area contributed by atoms with Crippen LogP contribution in [0.25, 0.3) is 11.0 Å². The number of fused-ring (bicyclic) bond motifs is 1. The molecule has 1 amide bonds. The quantitative estimate of drug-likeness (QED) is 0.171. The number of carbonyl (C=O) groups excluding carboxylic acids is 3. The topological polar surface area (TPSA) is 204 Å². The van der Waals surface area contributed by atoms with Crippen molar-refractivity contribution in [3.63, 3.8) is 0 Å². The Balaban J connectivity index is 1.96. The van der Waals surface area contributed by atoms with Crippen molar-refractivity contribution in [1.82, 2.24) is 9.97 Å². The van der Waals surface area contributed by atoms with E-state index in [1.807, 2.05) is 0 Å². The number of esters is 1. The maximum atomic E-state index is 12.8. The molecule has 33 heavy (non-hydrogen) atoms. The summed E-state index contributed by atoms with van der Waals surface area (Å²) >= 11 is 0. The number of ketones is 1. The highest BCUT2D eigenvalue weighted by molar-refractivity contribution is 6.45. The molecule has 0 aliphatic carbocycles. The number of Topliss-reactive ketones (excluding diaryl/α,β-unsaturated/α-hetero) is 1. The van der Waals surface area contributed by atoms with E-state index < -0.39 is 44.7 Å². The molecule has 0 bridgehead atoms. The van der Waals surface area contributed by atoms with Gasteiger partial charge in [0.05, 0.1) is 28.0 Å². The number of aromatic nitrogens is 2. The van der Waals surface area contributed by atoms with E-state index in [-0.39, 0.29) is 28.1 Å². The van der Waals surface area contributed by atoms with Gasteiger partial charge in [-0.1, -0.05) is 0 Å². The number of non-ortho nitro benzene ring substituents is 2. The Hall–Kier alpha value is -5.01. The van der Waals surface area contributed by atoms with Gasteiger partial charge in [0, 0.05) is 30.0 Å². The average molecular weight is 455 g/mol. The zero-order valence-corrected chi connectivity index (χ0v) is 16.6. The fourth-order valence-corrected chi connectivity index (χ4v) is 2.85. The van der Waals surface area contributed by atoms with Crippen molar-refractivity contribution >= 4 is 45.8 Å². The van der Waals surface area contributed by atoms with Gasteiger partial charge in [-0.15, -0.1) is 0 Å². The van der Waals surface area contributed by atoms with Crippen molar-refractivity contribution in [3.8, 4) is 0 Å². The van der Waals surface area contributed by atoms with E-state index in [2.05, 4.69) is 20.0 Å². The van der Waals surface area contributed by atoms with Gasteiger partial charge in [0.1, 0.15) is 5.69 Å². The highest BCUT2D eigenvalue weighted by Crippen LogP contribution is 2.21. The minimum atomic E-state index is -2.03. The van der Waals surface area contributed by atoms with Gasteiger partial charge >= 0.3 is 5.97 Å². The molecule has 0 saturated heterocycles. The van der Waals surface area contributed by atoms with Gasteiger partial charge in [0.2, 0.25) is 5.78 Å². The number of nitrogens with zero attached hydrogens (tertiary/aromatic N) is 3. The summed E-state index contributed by atoms with van der Waals surface area (Å²) in [6.45, 7) is 0. The molecule has 0 saturated carbocycles. The molecule has 0 radical (unpaired) electrons. The van der Waals surface area contributed by atoms with Gasteiger partial charge in [0.25, 0.3) is 22.8 Å². The van der Waals surface area contributed by atoms with Crippen LogP contribution in [0.15, 0.2) is 47.3 Å². The van der Waals surface area contributed by atoms with Crippen LogP contribution in [0, 0.1) is 20.2 Å². The van der Waals surface area contributed by atoms with Gasteiger partial charge in [-0.3, -0.25) is 39.4 Å². The molecule has 14 heteroatoms. The third-order valence-electron chi connectivity index (χ3n) is 4.44. The SMILES string of the molecule is COC(=O)[C@H](C(=O)C(=O)Nc1ccc([N+](=O)[O-])cc1)c1nc2ccc([N+](=O)[O-])cc2[nH]c1=O. The van der Waals surface area contributed by atoms with E-state index in [1.54, 1.807) is 0 Å². The monoisotopic (exact) mass is 455 g/mol. The van der Waals surface area contributed by atoms with Crippen LogP contribution in [0.3, 0.4) is 0 Å². The summed E-state index contributed by atoms with van der Waals surface area (Å²) in [5, 5.41) is 23.8. The number of nitrogens with one attached hydrogen (secondary N) is 2. The minimum absolute atomic E-state index is 0.0210. The van der Waals surface area contributed by atoms with Crippen molar-refractivity contribution in [2.45, 2.75) is 5.92 Å². The first-order chi connectivity index (χ1) is 15.6. The van der Waals surface area contributed by atoms with Crippen LogP contribution in [0.4, 0.5) is 17.1 Å². The second kappa shape index (κ2) is 9.01. The predicted molar refractivity (Wildman–Crippen MR) is 111 cm³/mol. The standard InChI is InChI=1S/C19H13N5O9/c1-33-19(28)14(16(25)18(27)20-9-2-4-10(5-3-9)23(29)30)15-17(26)22-13-8-11(24(31)32)6-7-12(13)21-15/h2-8,14H,1H3,(H,20,27)(H,22,26)/t14-/m0/s1. The highest BCUT2D eigenvalue weighted by Gasteiger charge is 2.37. The summed E-state index contributed by atoms with van der Waals surface area (Å²) < 4.78 is 4.55. The predicted octanol–water partition coefficient (Wildman–Crippen LogP) is 1.20. The first kappa shape index (κ1) is 22.7. The number of H-pyrrole nitrogens is 1. The molecule has 0 unspecified atom stereocenters. The van der Waals surface area contributed by atoms with Gasteiger partial charge in [-0.2, -0.15) is 0 Å². The number of ether oxygens (including phenoxy) is 1. The summed E-state index contributed by atoms with van der Waals surface area (Å²) in [5.74, 6) is -5.95. The molecule has 1 aromatic heterocycles.